The molecule has 116 valence electrons. The zero-order chi connectivity index (χ0) is 15.2. The Labute approximate surface area is 121 Å². The number of alkyl carbamates (subject to hydrolysis) is 1. The third kappa shape index (κ3) is 6.26. The van der Waals surface area contributed by atoms with E-state index in [-0.39, 0.29) is 24.0 Å². The molecule has 0 aromatic carbocycles. The van der Waals surface area contributed by atoms with Crippen molar-refractivity contribution in [3.05, 3.63) is 0 Å². The number of nitrogens with one attached hydrogen (secondary N) is 2. The van der Waals surface area contributed by atoms with Crippen molar-refractivity contribution in [3.8, 4) is 0 Å². The monoisotopic (exact) mass is 284 g/mol. The van der Waals surface area contributed by atoms with E-state index in [1.54, 1.807) is 0 Å². The second kappa shape index (κ2) is 7.50. The highest BCUT2D eigenvalue weighted by atomic mass is 16.6. The first-order valence-corrected chi connectivity index (χ1v) is 7.58. The molecule has 1 saturated carbocycles. The molecule has 1 rings (SSSR count). The summed E-state index contributed by atoms with van der Waals surface area (Å²) in [5.74, 6) is 0.276. The third-order valence-corrected chi connectivity index (χ3v) is 3.43. The Bertz CT molecular complexity index is 337. The molecule has 0 saturated heterocycles. The number of carbonyl (C=O) groups is 2. The number of hydrogen-bond donors (Lipinski definition) is 2. The van der Waals surface area contributed by atoms with Crippen molar-refractivity contribution in [3.63, 3.8) is 0 Å². The Morgan fingerprint density at radius 1 is 1.20 bits per heavy atom. The predicted octanol–water partition coefficient (Wildman–Crippen LogP) is 2.60. The number of rotatable bonds is 4. The molecule has 0 heterocycles. The van der Waals surface area contributed by atoms with Crippen molar-refractivity contribution >= 4 is 12.0 Å². The van der Waals surface area contributed by atoms with E-state index in [1.807, 2.05) is 27.7 Å². The zero-order valence-electron chi connectivity index (χ0n) is 13.1. The average Bonchev–Trinajstić information content (AvgIpc) is 2.29. The largest absolute Gasteiger partial charge is 0.444 e. The first-order valence-electron chi connectivity index (χ1n) is 7.58. The van der Waals surface area contributed by atoms with Crippen LogP contribution in [-0.2, 0) is 9.53 Å². The van der Waals surface area contributed by atoms with Crippen LogP contribution < -0.4 is 10.6 Å². The number of ether oxygens (including phenoxy) is 1. The normalized spacial score (nSPS) is 23.0. The summed E-state index contributed by atoms with van der Waals surface area (Å²) in [7, 11) is 0. The summed E-state index contributed by atoms with van der Waals surface area (Å²) in [6.07, 6.45) is 4.21. The summed E-state index contributed by atoms with van der Waals surface area (Å²) in [5, 5.41) is 5.75. The highest BCUT2D eigenvalue weighted by Gasteiger charge is 2.29. The quantitative estimate of drug-likeness (QED) is 0.834. The van der Waals surface area contributed by atoms with Crippen molar-refractivity contribution in [1.29, 1.82) is 0 Å². The predicted molar refractivity (Wildman–Crippen MR) is 78.4 cm³/mol. The van der Waals surface area contributed by atoms with Crippen LogP contribution in [0.15, 0.2) is 0 Å². The lowest BCUT2D eigenvalue weighted by Crippen LogP contribution is -2.45. The van der Waals surface area contributed by atoms with Gasteiger partial charge in [-0.2, -0.15) is 0 Å². The van der Waals surface area contributed by atoms with Crippen LogP contribution in [0.4, 0.5) is 4.79 Å². The summed E-state index contributed by atoms with van der Waals surface area (Å²) < 4.78 is 5.29. The smallest absolute Gasteiger partial charge is 0.407 e. The summed E-state index contributed by atoms with van der Waals surface area (Å²) in [5.41, 5.74) is -0.492. The molecule has 0 spiro atoms. The van der Waals surface area contributed by atoms with Crippen LogP contribution in [0.2, 0.25) is 0 Å². The van der Waals surface area contributed by atoms with E-state index in [4.69, 9.17) is 4.74 Å². The lowest BCUT2D eigenvalue weighted by Gasteiger charge is -2.32. The van der Waals surface area contributed by atoms with E-state index in [0.717, 1.165) is 25.7 Å². The minimum Gasteiger partial charge on any atom is -0.444 e. The molecule has 0 aliphatic heterocycles. The molecule has 1 aliphatic rings. The second-order valence-corrected chi connectivity index (χ2v) is 6.45. The molecule has 5 nitrogen and oxygen atoms in total. The first kappa shape index (κ1) is 16.8. The lowest BCUT2D eigenvalue weighted by molar-refractivity contribution is -0.122. The van der Waals surface area contributed by atoms with Crippen molar-refractivity contribution in [1.82, 2.24) is 10.6 Å². The van der Waals surface area contributed by atoms with Crippen LogP contribution in [0.5, 0.6) is 0 Å². The second-order valence-electron chi connectivity index (χ2n) is 6.45. The number of hydrogen-bond acceptors (Lipinski definition) is 3. The molecular formula is C15H28N2O3. The van der Waals surface area contributed by atoms with Gasteiger partial charge < -0.3 is 15.4 Å². The van der Waals surface area contributed by atoms with Gasteiger partial charge in [0, 0.05) is 19.0 Å². The molecule has 1 fully saturated rings. The Kier molecular flexibility index (Phi) is 6.30. The van der Waals surface area contributed by atoms with Gasteiger partial charge in [-0.3, -0.25) is 4.79 Å². The van der Waals surface area contributed by atoms with Gasteiger partial charge >= 0.3 is 6.09 Å². The summed E-state index contributed by atoms with van der Waals surface area (Å²) in [6.45, 7) is 8.10. The van der Waals surface area contributed by atoms with Gasteiger partial charge in [0.2, 0.25) is 5.91 Å². The van der Waals surface area contributed by atoms with Gasteiger partial charge in [-0.1, -0.05) is 12.8 Å². The van der Waals surface area contributed by atoms with E-state index in [9.17, 15) is 9.59 Å². The van der Waals surface area contributed by atoms with Gasteiger partial charge in [0.1, 0.15) is 5.60 Å². The minimum atomic E-state index is -0.492. The summed E-state index contributed by atoms with van der Waals surface area (Å²) >= 11 is 0. The zero-order valence-corrected chi connectivity index (χ0v) is 13.1. The Hall–Kier alpha value is -1.26. The van der Waals surface area contributed by atoms with Crippen LogP contribution in [0.3, 0.4) is 0 Å². The molecule has 2 atom stereocenters. The fraction of sp³-hybridized carbons (Fsp3) is 0.867. The molecule has 2 N–H and O–H groups in total. The Balaban J connectivity index is 2.51. The van der Waals surface area contributed by atoms with Crippen LogP contribution in [0.1, 0.15) is 59.8 Å². The van der Waals surface area contributed by atoms with Crippen molar-refractivity contribution in [2.75, 3.05) is 6.54 Å². The molecular weight excluding hydrogens is 256 g/mol. The molecule has 20 heavy (non-hydrogen) atoms. The maximum absolute atomic E-state index is 11.9. The maximum Gasteiger partial charge on any atom is 0.407 e. The average molecular weight is 284 g/mol. The van der Waals surface area contributed by atoms with E-state index in [2.05, 4.69) is 10.6 Å². The SMILES string of the molecule is CCNC(=O)C[C@@H]1CCCC[C@@H]1NC(=O)OC(C)(C)C. The van der Waals surface area contributed by atoms with Crippen molar-refractivity contribution < 1.29 is 14.3 Å². The topological polar surface area (TPSA) is 67.4 Å². The highest BCUT2D eigenvalue weighted by Crippen LogP contribution is 2.27. The fourth-order valence-corrected chi connectivity index (χ4v) is 2.61. The Morgan fingerprint density at radius 2 is 1.85 bits per heavy atom. The molecule has 0 aromatic heterocycles. The van der Waals surface area contributed by atoms with Gasteiger partial charge in [0.15, 0.2) is 0 Å². The van der Waals surface area contributed by atoms with Gasteiger partial charge in [0.25, 0.3) is 0 Å². The molecule has 0 bridgehead atoms. The van der Waals surface area contributed by atoms with Gasteiger partial charge in [0.05, 0.1) is 0 Å². The van der Waals surface area contributed by atoms with Gasteiger partial charge in [-0.25, -0.2) is 4.79 Å². The molecule has 0 radical (unpaired) electrons. The van der Waals surface area contributed by atoms with E-state index in [1.165, 1.54) is 0 Å². The van der Waals surface area contributed by atoms with Gasteiger partial charge in [-0.05, 0) is 46.5 Å². The lowest BCUT2D eigenvalue weighted by atomic mass is 9.82. The molecule has 5 heteroatoms. The van der Waals surface area contributed by atoms with Crippen LogP contribution >= 0.6 is 0 Å². The van der Waals surface area contributed by atoms with E-state index >= 15 is 0 Å². The molecule has 2 amide bonds. The minimum absolute atomic E-state index is 0.0428. The van der Waals surface area contributed by atoms with Gasteiger partial charge in [-0.15, -0.1) is 0 Å². The van der Waals surface area contributed by atoms with E-state index in [0.29, 0.717) is 13.0 Å². The molecule has 0 unspecified atom stereocenters. The summed E-state index contributed by atoms with van der Waals surface area (Å²) in [4.78, 5) is 23.6. The van der Waals surface area contributed by atoms with Crippen LogP contribution in [-0.4, -0.2) is 30.2 Å². The maximum atomic E-state index is 11.9. The highest BCUT2D eigenvalue weighted by molar-refractivity contribution is 5.76. The van der Waals surface area contributed by atoms with Crippen LogP contribution in [0.25, 0.3) is 0 Å². The standard InChI is InChI=1S/C15H28N2O3/c1-5-16-13(18)10-11-8-6-7-9-12(11)17-14(19)20-15(2,3)4/h11-12H,5-10H2,1-4H3,(H,16,18)(H,17,19)/t11-,12-/m0/s1. The van der Waals surface area contributed by atoms with Crippen LogP contribution in [0, 0.1) is 5.92 Å². The number of carbonyl (C=O) groups excluding carboxylic acids is 2. The Morgan fingerprint density at radius 3 is 2.45 bits per heavy atom. The fourth-order valence-electron chi connectivity index (χ4n) is 2.61. The summed E-state index contributed by atoms with van der Waals surface area (Å²) in [6, 6.07) is 0.0428. The van der Waals surface area contributed by atoms with Crippen molar-refractivity contribution in [2.24, 2.45) is 5.92 Å². The third-order valence-electron chi connectivity index (χ3n) is 3.43. The number of amides is 2. The first-order chi connectivity index (χ1) is 9.31. The molecule has 1 aliphatic carbocycles. The van der Waals surface area contributed by atoms with E-state index < -0.39 is 5.60 Å². The molecule has 0 aromatic rings. The van der Waals surface area contributed by atoms with Crippen molar-refractivity contribution in [2.45, 2.75) is 71.4 Å².